The molecule has 0 aliphatic heterocycles. The fraction of sp³-hybridized carbons (Fsp3) is 0.533. The number of esters is 1. The summed E-state index contributed by atoms with van der Waals surface area (Å²) < 4.78 is 5.31. The van der Waals surface area contributed by atoms with Crippen LogP contribution >= 0.6 is 15.9 Å². The lowest BCUT2D eigenvalue weighted by Gasteiger charge is -2.34. The summed E-state index contributed by atoms with van der Waals surface area (Å²) in [6.45, 7) is 6.36. The molecule has 1 aromatic rings. The summed E-state index contributed by atoms with van der Waals surface area (Å²) in [6.07, 6.45) is 1.71. The molecule has 0 radical (unpaired) electrons. The van der Waals surface area contributed by atoms with Crippen LogP contribution in [0.15, 0.2) is 30.3 Å². The second-order valence-electron chi connectivity index (χ2n) is 4.42. The Bertz CT molecular complexity index is 375. The van der Waals surface area contributed by atoms with Crippen LogP contribution in [0, 0.1) is 0 Å². The van der Waals surface area contributed by atoms with E-state index in [4.69, 9.17) is 4.74 Å². The molecule has 0 aliphatic rings. The normalized spacial score (nSPS) is 15.8. The van der Waals surface area contributed by atoms with Crippen LogP contribution in [0.25, 0.3) is 0 Å². The maximum absolute atomic E-state index is 12.4. The van der Waals surface area contributed by atoms with Gasteiger partial charge in [-0.25, -0.2) is 0 Å². The van der Waals surface area contributed by atoms with Crippen LogP contribution < -0.4 is 0 Å². The fourth-order valence-electron chi connectivity index (χ4n) is 2.34. The molecule has 18 heavy (non-hydrogen) atoms. The summed E-state index contributed by atoms with van der Waals surface area (Å²) in [5.74, 6) is -0.137. The van der Waals surface area contributed by atoms with Gasteiger partial charge in [0, 0.05) is 4.83 Å². The van der Waals surface area contributed by atoms with E-state index >= 15 is 0 Å². The Kier molecular flexibility index (Phi) is 5.86. The van der Waals surface area contributed by atoms with Gasteiger partial charge in [0.15, 0.2) is 0 Å². The Labute approximate surface area is 118 Å². The standard InChI is InChI=1S/C15H21BrO2/c1-4-11-15(12(3)16,14(17)18-5-2)13-9-7-6-8-10-13/h6-10,12H,4-5,11H2,1-3H3. The van der Waals surface area contributed by atoms with Gasteiger partial charge in [0.2, 0.25) is 0 Å². The van der Waals surface area contributed by atoms with Gasteiger partial charge in [0.25, 0.3) is 0 Å². The van der Waals surface area contributed by atoms with Gasteiger partial charge in [-0.15, -0.1) is 0 Å². The van der Waals surface area contributed by atoms with Crippen molar-refractivity contribution in [2.75, 3.05) is 6.61 Å². The van der Waals surface area contributed by atoms with Gasteiger partial charge in [0.1, 0.15) is 5.41 Å². The summed E-state index contributed by atoms with van der Waals surface area (Å²) in [6, 6.07) is 9.90. The van der Waals surface area contributed by atoms with E-state index in [-0.39, 0.29) is 10.8 Å². The number of halogens is 1. The van der Waals surface area contributed by atoms with Crippen molar-refractivity contribution in [2.24, 2.45) is 0 Å². The zero-order valence-corrected chi connectivity index (χ0v) is 12.9. The lowest BCUT2D eigenvalue weighted by molar-refractivity contribution is -0.150. The molecule has 0 N–H and O–H groups in total. The molecular formula is C15H21BrO2. The van der Waals surface area contributed by atoms with E-state index in [2.05, 4.69) is 22.9 Å². The second kappa shape index (κ2) is 6.93. The monoisotopic (exact) mass is 312 g/mol. The number of hydrogen-bond donors (Lipinski definition) is 0. The first-order valence-electron chi connectivity index (χ1n) is 6.46. The molecule has 0 aromatic heterocycles. The smallest absolute Gasteiger partial charge is 0.317 e. The molecule has 1 aromatic carbocycles. The maximum Gasteiger partial charge on any atom is 0.317 e. The molecule has 3 heteroatoms. The van der Waals surface area contributed by atoms with E-state index in [9.17, 15) is 4.79 Å². The van der Waals surface area contributed by atoms with E-state index in [1.165, 1.54) is 0 Å². The van der Waals surface area contributed by atoms with Gasteiger partial charge in [0.05, 0.1) is 6.61 Å². The van der Waals surface area contributed by atoms with Crippen LogP contribution in [-0.2, 0) is 14.9 Å². The van der Waals surface area contributed by atoms with Crippen molar-refractivity contribution in [2.45, 2.75) is 43.9 Å². The van der Waals surface area contributed by atoms with Crippen molar-refractivity contribution in [3.63, 3.8) is 0 Å². The first-order chi connectivity index (χ1) is 8.59. The summed E-state index contributed by atoms with van der Waals surface area (Å²) >= 11 is 3.61. The number of carbonyl (C=O) groups excluding carboxylic acids is 1. The molecule has 2 unspecified atom stereocenters. The van der Waals surface area contributed by atoms with Crippen molar-refractivity contribution >= 4 is 21.9 Å². The molecule has 2 atom stereocenters. The summed E-state index contributed by atoms with van der Waals surface area (Å²) in [4.78, 5) is 12.5. The van der Waals surface area contributed by atoms with Crippen molar-refractivity contribution in [3.8, 4) is 0 Å². The molecule has 0 saturated carbocycles. The highest BCUT2D eigenvalue weighted by Crippen LogP contribution is 2.38. The van der Waals surface area contributed by atoms with Gasteiger partial charge in [-0.2, -0.15) is 0 Å². The number of rotatable bonds is 6. The minimum atomic E-state index is -0.591. The molecule has 0 bridgehead atoms. The third kappa shape index (κ3) is 2.94. The lowest BCUT2D eigenvalue weighted by Crippen LogP contribution is -2.44. The second-order valence-corrected chi connectivity index (χ2v) is 5.80. The van der Waals surface area contributed by atoms with Crippen LogP contribution in [0.4, 0.5) is 0 Å². The molecule has 0 spiro atoms. The first-order valence-corrected chi connectivity index (χ1v) is 7.38. The zero-order chi connectivity index (χ0) is 13.6. The van der Waals surface area contributed by atoms with Crippen LogP contribution in [0.2, 0.25) is 0 Å². The average Bonchev–Trinajstić information content (AvgIpc) is 2.36. The third-order valence-electron chi connectivity index (χ3n) is 3.25. The van der Waals surface area contributed by atoms with E-state index in [1.54, 1.807) is 0 Å². The highest BCUT2D eigenvalue weighted by molar-refractivity contribution is 9.09. The van der Waals surface area contributed by atoms with Gasteiger partial charge in [-0.3, -0.25) is 4.79 Å². The number of ether oxygens (including phenoxy) is 1. The number of alkyl halides is 1. The van der Waals surface area contributed by atoms with Gasteiger partial charge < -0.3 is 4.74 Å². The molecule has 100 valence electrons. The molecule has 2 nitrogen and oxygen atoms in total. The Morgan fingerprint density at radius 1 is 1.33 bits per heavy atom. The highest BCUT2D eigenvalue weighted by atomic mass is 79.9. The van der Waals surface area contributed by atoms with Gasteiger partial charge in [-0.1, -0.05) is 66.5 Å². The Morgan fingerprint density at radius 2 is 1.94 bits per heavy atom. The summed E-state index contributed by atoms with van der Waals surface area (Å²) in [5.41, 5.74) is 0.432. The molecule has 0 saturated heterocycles. The topological polar surface area (TPSA) is 26.3 Å². The number of carbonyl (C=O) groups is 1. The molecule has 0 heterocycles. The molecule has 0 aliphatic carbocycles. The molecule has 0 fully saturated rings. The third-order valence-corrected chi connectivity index (χ3v) is 4.03. The molecular weight excluding hydrogens is 292 g/mol. The Morgan fingerprint density at radius 3 is 2.39 bits per heavy atom. The van der Waals surface area contributed by atoms with E-state index in [0.717, 1.165) is 18.4 Å². The number of hydrogen-bond acceptors (Lipinski definition) is 2. The van der Waals surface area contributed by atoms with Crippen molar-refractivity contribution in [1.82, 2.24) is 0 Å². The van der Waals surface area contributed by atoms with Crippen LogP contribution in [0.1, 0.15) is 39.2 Å². The summed E-state index contributed by atoms with van der Waals surface area (Å²) in [7, 11) is 0. The SMILES string of the molecule is CCCC(C(=O)OCC)(c1ccccc1)C(C)Br. The van der Waals surface area contributed by atoms with Crippen LogP contribution in [-0.4, -0.2) is 17.4 Å². The highest BCUT2D eigenvalue weighted by Gasteiger charge is 2.44. The van der Waals surface area contributed by atoms with Crippen LogP contribution in [0.5, 0.6) is 0 Å². The zero-order valence-electron chi connectivity index (χ0n) is 11.3. The largest absolute Gasteiger partial charge is 0.465 e. The van der Waals surface area contributed by atoms with E-state index in [0.29, 0.717) is 6.61 Å². The van der Waals surface area contributed by atoms with Crippen LogP contribution in [0.3, 0.4) is 0 Å². The van der Waals surface area contributed by atoms with Crippen molar-refractivity contribution in [3.05, 3.63) is 35.9 Å². The minimum absolute atomic E-state index is 0.0337. The summed E-state index contributed by atoms with van der Waals surface area (Å²) in [5, 5.41) is 0. The lowest BCUT2D eigenvalue weighted by atomic mass is 9.74. The average molecular weight is 313 g/mol. The molecule has 0 amide bonds. The molecule has 1 rings (SSSR count). The predicted molar refractivity (Wildman–Crippen MR) is 78.1 cm³/mol. The maximum atomic E-state index is 12.4. The first kappa shape index (κ1) is 15.2. The van der Waals surface area contributed by atoms with E-state index in [1.807, 2.05) is 44.2 Å². The quantitative estimate of drug-likeness (QED) is 0.584. The van der Waals surface area contributed by atoms with Crippen molar-refractivity contribution in [1.29, 1.82) is 0 Å². The Balaban J connectivity index is 3.26. The predicted octanol–water partition coefficient (Wildman–Crippen LogP) is 4.07. The van der Waals surface area contributed by atoms with Crippen molar-refractivity contribution < 1.29 is 9.53 Å². The van der Waals surface area contributed by atoms with Gasteiger partial charge >= 0.3 is 5.97 Å². The van der Waals surface area contributed by atoms with E-state index < -0.39 is 5.41 Å². The minimum Gasteiger partial charge on any atom is -0.465 e. The Hall–Kier alpha value is -0.830. The van der Waals surface area contributed by atoms with Gasteiger partial charge in [-0.05, 0) is 18.9 Å². The fourth-order valence-corrected chi connectivity index (χ4v) is 3.03. The number of benzene rings is 1.